The SMILES string of the molecule is CC(=O)N1CCC(Nc2cc(C(=O)NC3CC[C@@H](O)C3)ncn2)CC1. The largest absolute Gasteiger partial charge is 0.393 e. The molecule has 8 nitrogen and oxygen atoms in total. The van der Waals surface area contributed by atoms with Crippen LogP contribution in [0.25, 0.3) is 0 Å². The van der Waals surface area contributed by atoms with Crippen molar-refractivity contribution in [2.24, 2.45) is 0 Å². The van der Waals surface area contributed by atoms with Crippen molar-refractivity contribution in [3.63, 3.8) is 0 Å². The summed E-state index contributed by atoms with van der Waals surface area (Å²) < 4.78 is 0. The Morgan fingerprint density at radius 2 is 1.92 bits per heavy atom. The number of amides is 2. The van der Waals surface area contributed by atoms with Crippen molar-refractivity contribution in [3.8, 4) is 0 Å². The number of likely N-dealkylation sites (tertiary alicyclic amines) is 1. The third kappa shape index (κ3) is 4.66. The lowest BCUT2D eigenvalue weighted by Crippen LogP contribution is -2.41. The summed E-state index contributed by atoms with van der Waals surface area (Å²) in [6.07, 6.45) is 4.87. The van der Waals surface area contributed by atoms with E-state index in [4.69, 9.17) is 0 Å². The van der Waals surface area contributed by atoms with Crippen LogP contribution in [-0.4, -0.2) is 63.1 Å². The number of aliphatic hydroxyl groups excluding tert-OH is 1. The zero-order chi connectivity index (χ0) is 17.8. The van der Waals surface area contributed by atoms with Crippen molar-refractivity contribution >= 4 is 17.6 Å². The van der Waals surface area contributed by atoms with Crippen LogP contribution in [0.15, 0.2) is 12.4 Å². The highest BCUT2D eigenvalue weighted by Crippen LogP contribution is 2.19. The van der Waals surface area contributed by atoms with E-state index in [2.05, 4.69) is 20.6 Å². The monoisotopic (exact) mass is 347 g/mol. The Kier molecular flexibility index (Phi) is 5.47. The topological polar surface area (TPSA) is 107 Å². The zero-order valence-electron chi connectivity index (χ0n) is 14.4. The molecule has 1 aliphatic carbocycles. The molecule has 1 aromatic rings. The fourth-order valence-electron chi connectivity index (χ4n) is 3.46. The average Bonchev–Trinajstić information content (AvgIpc) is 3.00. The van der Waals surface area contributed by atoms with Crippen LogP contribution in [0.4, 0.5) is 5.82 Å². The summed E-state index contributed by atoms with van der Waals surface area (Å²) in [6, 6.07) is 1.88. The van der Waals surface area contributed by atoms with E-state index in [9.17, 15) is 14.7 Å². The molecule has 136 valence electrons. The number of hydrogen-bond acceptors (Lipinski definition) is 6. The van der Waals surface area contributed by atoms with Gasteiger partial charge in [0.1, 0.15) is 17.8 Å². The minimum Gasteiger partial charge on any atom is -0.393 e. The Bertz CT molecular complexity index is 630. The maximum atomic E-state index is 12.3. The van der Waals surface area contributed by atoms with E-state index in [1.165, 1.54) is 6.33 Å². The molecule has 0 spiro atoms. The van der Waals surface area contributed by atoms with E-state index in [-0.39, 0.29) is 30.0 Å². The van der Waals surface area contributed by atoms with Crippen molar-refractivity contribution in [2.75, 3.05) is 18.4 Å². The minimum absolute atomic E-state index is 0.00443. The predicted molar refractivity (Wildman–Crippen MR) is 92.0 cm³/mol. The van der Waals surface area contributed by atoms with Gasteiger partial charge in [-0.1, -0.05) is 0 Å². The highest BCUT2D eigenvalue weighted by atomic mass is 16.3. The lowest BCUT2D eigenvalue weighted by atomic mass is 10.1. The Morgan fingerprint density at radius 1 is 1.16 bits per heavy atom. The van der Waals surface area contributed by atoms with Crippen LogP contribution in [0.5, 0.6) is 0 Å². The van der Waals surface area contributed by atoms with Crippen LogP contribution < -0.4 is 10.6 Å². The highest BCUT2D eigenvalue weighted by Gasteiger charge is 2.25. The number of hydrogen-bond donors (Lipinski definition) is 3. The Balaban J connectivity index is 1.54. The number of piperidine rings is 1. The molecule has 2 atom stereocenters. The third-order valence-electron chi connectivity index (χ3n) is 4.93. The number of rotatable bonds is 4. The van der Waals surface area contributed by atoms with Crippen molar-refractivity contribution in [1.82, 2.24) is 20.2 Å². The van der Waals surface area contributed by atoms with Gasteiger partial charge in [-0.05, 0) is 32.1 Å². The van der Waals surface area contributed by atoms with E-state index < -0.39 is 0 Å². The fourth-order valence-corrected chi connectivity index (χ4v) is 3.46. The molecule has 2 heterocycles. The Labute approximate surface area is 147 Å². The molecule has 3 N–H and O–H groups in total. The van der Waals surface area contributed by atoms with Gasteiger partial charge in [0.05, 0.1) is 6.10 Å². The summed E-state index contributed by atoms with van der Waals surface area (Å²) in [6.45, 7) is 3.05. The molecule has 0 bridgehead atoms. The first kappa shape index (κ1) is 17.6. The van der Waals surface area contributed by atoms with Gasteiger partial charge in [-0.2, -0.15) is 0 Å². The standard InChI is InChI=1S/C17H25N5O3/c1-11(23)22-6-4-12(5-7-22)20-16-9-15(18-10-19-16)17(25)21-13-2-3-14(24)8-13/h9-10,12-14,24H,2-8H2,1H3,(H,21,25)(H,18,19,20)/t13?,14-/m1/s1. The van der Waals surface area contributed by atoms with Crippen molar-refractivity contribution in [2.45, 2.75) is 57.2 Å². The number of nitrogens with zero attached hydrogens (tertiary/aromatic N) is 3. The summed E-state index contributed by atoms with van der Waals surface area (Å²) >= 11 is 0. The van der Waals surface area contributed by atoms with Gasteiger partial charge < -0.3 is 20.6 Å². The second kappa shape index (κ2) is 7.77. The lowest BCUT2D eigenvalue weighted by molar-refractivity contribution is -0.129. The first-order valence-electron chi connectivity index (χ1n) is 8.84. The molecule has 2 fully saturated rings. The van der Waals surface area contributed by atoms with Gasteiger partial charge in [0.15, 0.2) is 0 Å². The third-order valence-corrected chi connectivity index (χ3v) is 4.93. The zero-order valence-corrected chi connectivity index (χ0v) is 14.4. The van der Waals surface area contributed by atoms with Gasteiger partial charge in [-0.25, -0.2) is 9.97 Å². The number of carbonyl (C=O) groups is 2. The van der Waals surface area contributed by atoms with Crippen molar-refractivity contribution < 1.29 is 14.7 Å². The number of aliphatic hydroxyl groups is 1. The second-order valence-electron chi connectivity index (χ2n) is 6.85. The Hall–Kier alpha value is -2.22. The summed E-state index contributed by atoms with van der Waals surface area (Å²) in [7, 11) is 0. The second-order valence-corrected chi connectivity index (χ2v) is 6.85. The normalized spacial score (nSPS) is 24.2. The summed E-state index contributed by atoms with van der Waals surface area (Å²) in [5.41, 5.74) is 0.320. The maximum absolute atomic E-state index is 12.3. The molecule has 8 heteroatoms. The molecule has 0 radical (unpaired) electrons. The fraction of sp³-hybridized carbons (Fsp3) is 0.647. The molecule has 1 aliphatic heterocycles. The number of nitrogens with one attached hydrogen (secondary N) is 2. The van der Waals surface area contributed by atoms with Crippen LogP contribution in [0.2, 0.25) is 0 Å². The van der Waals surface area contributed by atoms with Gasteiger partial charge in [-0.15, -0.1) is 0 Å². The van der Waals surface area contributed by atoms with E-state index in [0.717, 1.165) is 38.8 Å². The van der Waals surface area contributed by atoms with Crippen molar-refractivity contribution in [3.05, 3.63) is 18.1 Å². The number of anilines is 1. The predicted octanol–water partition coefficient (Wildman–Crippen LogP) is 0.543. The van der Waals surface area contributed by atoms with Gasteiger partial charge in [0, 0.05) is 38.2 Å². The van der Waals surface area contributed by atoms with Gasteiger partial charge in [0.25, 0.3) is 5.91 Å². The van der Waals surface area contributed by atoms with E-state index in [1.807, 2.05) is 4.90 Å². The number of carbonyl (C=O) groups excluding carboxylic acids is 2. The van der Waals surface area contributed by atoms with Crippen LogP contribution >= 0.6 is 0 Å². The van der Waals surface area contributed by atoms with Crippen LogP contribution in [-0.2, 0) is 4.79 Å². The molecule has 3 rings (SSSR count). The maximum Gasteiger partial charge on any atom is 0.270 e. The Morgan fingerprint density at radius 3 is 2.56 bits per heavy atom. The van der Waals surface area contributed by atoms with Gasteiger partial charge in [0.2, 0.25) is 5.91 Å². The average molecular weight is 347 g/mol. The summed E-state index contributed by atoms with van der Waals surface area (Å²) in [5, 5.41) is 15.8. The molecule has 0 aromatic carbocycles. The molecule has 1 aromatic heterocycles. The molecule has 2 amide bonds. The molecular weight excluding hydrogens is 322 g/mol. The van der Waals surface area contributed by atoms with E-state index >= 15 is 0 Å². The van der Waals surface area contributed by atoms with E-state index in [0.29, 0.717) is 17.9 Å². The molecule has 2 aliphatic rings. The van der Waals surface area contributed by atoms with E-state index in [1.54, 1.807) is 13.0 Å². The van der Waals surface area contributed by atoms with Crippen LogP contribution in [0.3, 0.4) is 0 Å². The van der Waals surface area contributed by atoms with Crippen LogP contribution in [0.1, 0.15) is 49.5 Å². The smallest absolute Gasteiger partial charge is 0.270 e. The van der Waals surface area contributed by atoms with Gasteiger partial charge in [-0.3, -0.25) is 9.59 Å². The van der Waals surface area contributed by atoms with Crippen molar-refractivity contribution in [1.29, 1.82) is 0 Å². The first-order valence-corrected chi connectivity index (χ1v) is 8.84. The lowest BCUT2D eigenvalue weighted by Gasteiger charge is -2.31. The molecule has 1 saturated heterocycles. The highest BCUT2D eigenvalue weighted by molar-refractivity contribution is 5.93. The summed E-state index contributed by atoms with van der Waals surface area (Å²) in [5.74, 6) is 0.486. The minimum atomic E-state index is -0.325. The first-order chi connectivity index (χ1) is 12.0. The molecule has 1 saturated carbocycles. The molecule has 1 unspecified atom stereocenters. The molecule has 25 heavy (non-hydrogen) atoms. The summed E-state index contributed by atoms with van der Waals surface area (Å²) in [4.78, 5) is 33.8. The van der Waals surface area contributed by atoms with Gasteiger partial charge >= 0.3 is 0 Å². The number of aromatic nitrogens is 2. The quantitative estimate of drug-likeness (QED) is 0.734. The molecular formula is C17H25N5O3. The van der Waals surface area contributed by atoms with Crippen LogP contribution in [0, 0.1) is 0 Å².